The Morgan fingerprint density at radius 2 is 2.17 bits per heavy atom. The Kier molecular flexibility index (Phi) is 2.35. The van der Waals surface area contributed by atoms with Crippen molar-refractivity contribution >= 4 is 45.2 Å². The van der Waals surface area contributed by atoms with Crippen molar-refractivity contribution in [3.63, 3.8) is 0 Å². The summed E-state index contributed by atoms with van der Waals surface area (Å²) in [5.74, 6) is 0. The summed E-state index contributed by atoms with van der Waals surface area (Å²) in [6.45, 7) is 4.66. The smallest absolute Gasteiger partial charge is 0.0334 e. The van der Waals surface area contributed by atoms with Gasteiger partial charge < -0.3 is 0 Å². The van der Waals surface area contributed by atoms with E-state index in [1.165, 1.54) is 6.42 Å². The fraction of sp³-hybridized carbons (Fsp3) is 0.600. The van der Waals surface area contributed by atoms with E-state index in [-0.39, 0.29) is 0 Å². The lowest BCUT2D eigenvalue weighted by Gasteiger charge is -2.26. The molecule has 0 radical (unpaired) electrons. The van der Waals surface area contributed by atoms with Crippen molar-refractivity contribution in [2.75, 3.05) is 0 Å². The van der Waals surface area contributed by atoms with Crippen LogP contribution in [-0.4, -0.2) is 7.85 Å². The third-order valence-electron chi connectivity index (χ3n) is 2.92. The summed E-state index contributed by atoms with van der Waals surface area (Å²) in [5, 5.41) is 0. The van der Waals surface area contributed by atoms with Gasteiger partial charge in [0.2, 0.25) is 0 Å². The largest absolute Gasteiger partial charge is 0.0816 e. The van der Waals surface area contributed by atoms with Crippen molar-refractivity contribution in [1.29, 1.82) is 0 Å². The van der Waals surface area contributed by atoms with E-state index in [2.05, 4.69) is 71.2 Å². The van der Waals surface area contributed by atoms with E-state index < -0.39 is 0 Å². The van der Waals surface area contributed by atoms with Crippen LogP contribution in [0.4, 0.5) is 0 Å². The molecule has 2 aliphatic carbocycles. The molecule has 12 heavy (non-hydrogen) atoms. The molecule has 0 nitrogen and oxygen atoms in total. The maximum absolute atomic E-state index is 2.57. The van der Waals surface area contributed by atoms with Gasteiger partial charge in [-0.15, -0.1) is 0 Å². The van der Waals surface area contributed by atoms with Crippen LogP contribution in [0.25, 0.3) is 0 Å². The molecule has 66 valence electrons. The zero-order chi connectivity index (χ0) is 8.93. The first-order chi connectivity index (χ1) is 5.55. The highest BCUT2D eigenvalue weighted by atomic mass is 127. The summed E-state index contributed by atoms with van der Waals surface area (Å²) in [5.41, 5.74) is 3.74. The van der Waals surface area contributed by atoms with E-state index in [0.29, 0.717) is 9.34 Å². The minimum atomic E-state index is 0.532. The zero-order valence-electron chi connectivity index (χ0n) is 7.27. The van der Waals surface area contributed by atoms with Crippen LogP contribution in [0.3, 0.4) is 0 Å². The molecule has 2 aliphatic rings. The molecule has 0 amide bonds. The van der Waals surface area contributed by atoms with Gasteiger partial charge in [0, 0.05) is 13.3 Å². The summed E-state index contributed by atoms with van der Waals surface area (Å²) in [6, 6.07) is 0. The summed E-state index contributed by atoms with van der Waals surface area (Å²) in [6.07, 6.45) is 5.96. The number of hydrogen-bond acceptors (Lipinski definition) is 0. The van der Waals surface area contributed by atoms with E-state index in [4.69, 9.17) is 0 Å². The van der Waals surface area contributed by atoms with Crippen LogP contribution in [-0.2, 0) is 0 Å². The molecule has 0 spiro atoms. The second-order valence-corrected chi connectivity index (χ2v) is 7.28. The number of alkyl halides is 2. The fourth-order valence-electron chi connectivity index (χ4n) is 1.72. The van der Waals surface area contributed by atoms with Crippen LogP contribution in [0.2, 0.25) is 0 Å². The van der Waals surface area contributed by atoms with Crippen LogP contribution >= 0.6 is 45.2 Å². The van der Waals surface area contributed by atoms with Crippen LogP contribution < -0.4 is 0 Å². The monoisotopic (exact) mass is 386 g/mol. The molecule has 0 aliphatic heterocycles. The molecule has 0 aromatic heterocycles. The van der Waals surface area contributed by atoms with E-state index >= 15 is 0 Å². The Hall–Kier alpha value is 0.940. The second kappa shape index (κ2) is 2.97. The van der Waals surface area contributed by atoms with Crippen LogP contribution in [0.5, 0.6) is 0 Å². The molecule has 1 saturated carbocycles. The SMILES string of the molecule is CC(I)C1=CC=C1C1(C)C[C@@H]1I. The van der Waals surface area contributed by atoms with Gasteiger partial charge in [-0.1, -0.05) is 64.3 Å². The number of allylic oxidation sites excluding steroid dienone is 4. The second-order valence-electron chi connectivity index (χ2n) is 3.91. The van der Waals surface area contributed by atoms with Crippen molar-refractivity contribution < 1.29 is 0 Å². The highest BCUT2D eigenvalue weighted by molar-refractivity contribution is 14.1. The normalized spacial score (nSPS) is 41.2. The summed E-state index contributed by atoms with van der Waals surface area (Å²) in [4.78, 5) is 0. The molecule has 0 aromatic carbocycles. The minimum Gasteiger partial charge on any atom is -0.0816 e. The predicted octanol–water partition coefficient (Wildman–Crippen LogP) is 3.89. The van der Waals surface area contributed by atoms with Gasteiger partial charge in [-0.3, -0.25) is 0 Å². The molecule has 3 atom stereocenters. The standard InChI is InChI=1S/C10H12I2/c1-6(11)7-3-4-8(7)10(2)5-9(10)12/h3-4,6,9H,5H2,1-2H3/t6?,9-,10?/m0/s1. The molecular formula is C10H12I2. The molecule has 2 unspecified atom stereocenters. The lowest BCUT2D eigenvalue weighted by molar-refractivity contribution is 0.692. The fourth-order valence-corrected chi connectivity index (χ4v) is 3.52. The maximum Gasteiger partial charge on any atom is 0.0334 e. The third-order valence-corrected chi connectivity index (χ3v) is 5.40. The van der Waals surface area contributed by atoms with Gasteiger partial charge >= 0.3 is 0 Å². The molecule has 0 N–H and O–H groups in total. The number of rotatable bonds is 2. The van der Waals surface area contributed by atoms with Crippen molar-refractivity contribution in [3.05, 3.63) is 23.3 Å². The van der Waals surface area contributed by atoms with Crippen molar-refractivity contribution in [2.24, 2.45) is 5.41 Å². The van der Waals surface area contributed by atoms with Gasteiger partial charge in [-0.25, -0.2) is 0 Å². The lowest BCUT2D eigenvalue weighted by Crippen LogP contribution is -2.15. The van der Waals surface area contributed by atoms with Gasteiger partial charge in [0.05, 0.1) is 0 Å². The number of halogens is 2. The van der Waals surface area contributed by atoms with Crippen molar-refractivity contribution in [1.82, 2.24) is 0 Å². The summed E-state index contributed by atoms with van der Waals surface area (Å²) < 4.78 is 1.56. The molecule has 0 bridgehead atoms. The van der Waals surface area contributed by atoms with Gasteiger partial charge in [0.15, 0.2) is 0 Å². The Morgan fingerprint density at radius 1 is 1.58 bits per heavy atom. The van der Waals surface area contributed by atoms with E-state index in [1.54, 1.807) is 11.1 Å². The number of hydrogen-bond donors (Lipinski definition) is 0. The average molecular weight is 386 g/mol. The minimum absolute atomic E-state index is 0.532. The lowest BCUT2D eigenvalue weighted by atomic mass is 9.83. The zero-order valence-corrected chi connectivity index (χ0v) is 11.6. The van der Waals surface area contributed by atoms with Crippen LogP contribution in [0.1, 0.15) is 20.3 Å². The summed E-state index contributed by atoms with van der Waals surface area (Å²) in [7, 11) is 0. The quantitative estimate of drug-likeness (QED) is 0.499. The molecule has 0 aromatic rings. The first-order valence-corrected chi connectivity index (χ1v) is 6.75. The Morgan fingerprint density at radius 3 is 2.42 bits per heavy atom. The molecule has 2 rings (SSSR count). The van der Waals surface area contributed by atoms with Crippen molar-refractivity contribution in [2.45, 2.75) is 28.1 Å². The van der Waals surface area contributed by atoms with E-state index in [1.807, 2.05) is 0 Å². The Balaban J connectivity index is 2.10. The average Bonchev–Trinajstić information content (AvgIpc) is 2.34. The van der Waals surface area contributed by atoms with Gasteiger partial charge in [-0.05, 0) is 24.5 Å². The first-order valence-electron chi connectivity index (χ1n) is 4.26. The molecule has 1 fully saturated rings. The van der Waals surface area contributed by atoms with E-state index in [9.17, 15) is 0 Å². The van der Waals surface area contributed by atoms with Crippen molar-refractivity contribution in [3.8, 4) is 0 Å². The van der Waals surface area contributed by atoms with Gasteiger partial charge in [0.25, 0.3) is 0 Å². The highest BCUT2D eigenvalue weighted by Crippen LogP contribution is 2.60. The Bertz CT molecular complexity index is 276. The highest BCUT2D eigenvalue weighted by Gasteiger charge is 2.52. The molecule has 0 saturated heterocycles. The maximum atomic E-state index is 2.57. The first kappa shape index (κ1) is 9.49. The van der Waals surface area contributed by atoms with E-state index in [0.717, 1.165) is 3.92 Å². The summed E-state index contributed by atoms with van der Waals surface area (Å²) >= 11 is 5.07. The Labute approximate surface area is 101 Å². The predicted molar refractivity (Wildman–Crippen MR) is 70.2 cm³/mol. The molecular weight excluding hydrogens is 374 g/mol. The van der Waals surface area contributed by atoms with Gasteiger partial charge in [-0.2, -0.15) is 0 Å². The van der Waals surface area contributed by atoms with Gasteiger partial charge in [0.1, 0.15) is 0 Å². The van der Waals surface area contributed by atoms with Crippen LogP contribution in [0, 0.1) is 5.41 Å². The topological polar surface area (TPSA) is 0 Å². The van der Waals surface area contributed by atoms with Crippen LogP contribution in [0.15, 0.2) is 23.3 Å². The molecule has 0 heterocycles. The third kappa shape index (κ3) is 1.29. The molecule has 2 heteroatoms.